The molecule has 0 aromatic heterocycles. The fourth-order valence-electron chi connectivity index (χ4n) is 3.26. The SMILES string of the molecule is CC1CCCC(C)N1NC(=O)C(C)(C)N1CCNCC1. The first kappa shape index (κ1) is 15.7. The molecule has 2 saturated heterocycles. The molecule has 5 heteroatoms. The van der Waals surface area contributed by atoms with Crippen molar-refractivity contribution in [1.29, 1.82) is 0 Å². The first-order chi connectivity index (χ1) is 9.43. The lowest BCUT2D eigenvalue weighted by atomic mass is 9.98. The van der Waals surface area contributed by atoms with Gasteiger partial charge in [0.1, 0.15) is 0 Å². The van der Waals surface area contributed by atoms with Crippen LogP contribution in [-0.2, 0) is 4.79 Å². The van der Waals surface area contributed by atoms with Crippen molar-refractivity contribution in [2.24, 2.45) is 0 Å². The van der Waals surface area contributed by atoms with Crippen molar-refractivity contribution in [2.75, 3.05) is 26.2 Å². The third-order valence-electron chi connectivity index (χ3n) is 4.89. The Balaban J connectivity index is 1.98. The number of nitrogens with one attached hydrogen (secondary N) is 2. The molecule has 116 valence electrons. The number of carbonyl (C=O) groups is 1. The van der Waals surface area contributed by atoms with Crippen LogP contribution in [0.15, 0.2) is 0 Å². The van der Waals surface area contributed by atoms with Crippen LogP contribution in [0.1, 0.15) is 47.0 Å². The molecule has 2 aliphatic heterocycles. The highest BCUT2D eigenvalue weighted by molar-refractivity contribution is 5.85. The molecule has 0 aliphatic carbocycles. The van der Waals surface area contributed by atoms with Gasteiger partial charge in [-0.25, -0.2) is 5.01 Å². The van der Waals surface area contributed by atoms with Crippen molar-refractivity contribution < 1.29 is 4.79 Å². The Morgan fingerprint density at radius 1 is 1.15 bits per heavy atom. The van der Waals surface area contributed by atoms with Crippen molar-refractivity contribution in [1.82, 2.24) is 20.7 Å². The molecule has 2 heterocycles. The maximum absolute atomic E-state index is 12.7. The number of hydrogen-bond donors (Lipinski definition) is 2. The van der Waals surface area contributed by atoms with Gasteiger partial charge in [0.15, 0.2) is 0 Å². The number of hydrazine groups is 1. The van der Waals surface area contributed by atoms with E-state index in [4.69, 9.17) is 0 Å². The van der Waals surface area contributed by atoms with E-state index in [1.54, 1.807) is 0 Å². The number of piperazine rings is 1. The van der Waals surface area contributed by atoms with Crippen LogP contribution in [0, 0.1) is 0 Å². The maximum Gasteiger partial charge on any atom is 0.254 e. The zero-order valence-electron chi connectivity index (χ0n) is 13.4. The van der Waals surface area contributed by atoms with Crippen molar-refractivity contribution in [3.63, 3.8) is 0 Å². The number of rotatable bonds is 3. The standard InChI is InChI=1S/C15H30N4O/c1-12-6-5-7-13(2)19(12)17-14(20)15(3,4)18-10-8-16-9-11-18/h12-13,16H,5-11H2,1-4H3,(H,17,20). The zero-order chi connectivity index (χ0) is 14.8. The number of carbonyl (C=O) groups excluding carboxylic acids is 1. The Hall–Kier alpha value is -0.650. The van der Waals surface area contributed by atoms with E-state index in [-0.39, 0.29) is 5.91 Å². The molecule has 0 radical (unpaired) electrons. The topological polar surface area (TPSA) is 47.6 Å². The second kappa shape index (κ2) is 6.41. The largest absolute Gasteiger partial charge is 0.314 e. The summed E-state index contributed by atoms with van der Waals surface area (Å²) in [5.74, 6) is 0.125. The molecular weight excluding hydrogens is 252 g/mol. The normalized spacial score (nSPS) is 30.2. The van der Waals surface area contributed by atoms with Gasteiger partial charge in [0.25, 0.3) is 5.91 Å². The highest BCUT2D eigenvalue weighted by Crippen LogP contribution is 2.22. The van der Waals surface area contributed by atoms with Crippen molar-refractivity contribution in [3.05, 3.63) is 0 Å². The van der Waals surface area contributed by atoms with Gasteiger partial charge in [-0.15, -0.1) is 0 Å². The Bertz CT molecular complexity index is 329. The van der Waals surface area contributed by atoms with Gasteiger partial charge in [-0.05, 0) is 40.5 Å². The minimum absolute atomic E-state index is 0.125. The summed E-state index contributed by atoms with van der Waals surface area (Å²) in [6.45, 7) is 12.3. The number of amides is 1. The summed E-state index contributed by atoms with van der Waals surface area (Å²) in [5, 5.41) is 5.50. The van der Waals surface area contributed by atoms with Gasteiger partial charge < -0.3 is 5.32 Å². The molecule has 1 amide bonds. The molecule has 2 unspecified atom stereocenters. The molecule has 20 heavy (non-hydrogen) atoms. The van der Waals surface area contributed by atoms with Gasteiger partial charge >= 0.3 is 0 Å². The van der Waals surface area contributed by atoms with Gasteiger partial charge in [0, 0.05) is 38.3 Å². The average Bonchev–Trinajstić information content (AvgIpc) is 2.43. The van der Waals surface area contributed by atoms with Gasteiger partial charge in [-0.2, -0.15) is 0 Å². The lowest BCUT2D eigenvalue weighted by Crippen LogP contribution is -2.64. The lowest BCUT2D eigenvalue weighted by molar-refractivity contribution is -0.140. The van der Waals surface area contributed by atoms with Gasteiger partial charge in [-0.3, -0.25) is 15.1 Å². The minimum atomic E-state index is -0.445. The molecule has 2 N–H and O–H groups in total. The number of hydrogen-bond acceptors (Lipinski definition) is 4. The molecule has 2 fully saturated rings. The van der Waals surface area contributed by atoms with Crippen LogP contribution in [0.2, 0.25) is 0 Å². The van der Waals surface area contributed by atoms with Crippen LogP contribution in [0.3, 0.4) is 0 Å². The highest BCUT2D eigenvalue weighted by atomic mass is 16.2. The second-order valence-electron chi connectivity index (χ2n) is 6.77. The Morgan fingerprint density at radius 3 is 2.25 bits per heavy atom. The molecule has 2 atom stereocenters. The zero-order valence-corrected chi connectivity index (χ0v) is 13.4. The smallest absolute Gasteiger partial charge is 0.254 e. The lowest BCUT2D eigenvalue weighted by Gasteiger charge is -2.44. The summed E-state index contributed by atoms with van der Waals surface area (Å²) < 4.78 is 0. The molecule has 0 bridgehead atoms. The number of nitrogens with zero attached hydrogens (tertiary/aromatic N) is 2. The first-order valence-electron chi connectivity index (χ1n) is 7.98. The third-order valence-corrected chi connectivity index (χ3v) is 4.89. The van der Waals surface area contributed by atoms with Crippen molar-refractivity contribution >= 4 is 5.91 Å². The highest BCUT2D eigenvalue weighted by Gasteiger charge is 2.37. The van der Waals surface area contributed by atoms with Crippen LogP contribution in [-0.4, -0.2) is 59.6 Å². The molecular formula is C15H30N4O. The summed E-state index contributed by atoms with van der Waals surface area (Å²) in [7, 11) is 0. The summed E-state index contributed by atoms with van der Waals surface area (Å²) >= 11 is 0. The first-order valence-corrected chi connectivity index (χ1v) is 7.98. The Labute approximate surface area is 123 Å². The molecule has 5 nitrogen and oxygen atoms in total. The second-order valence-corrected chi connectivity index (χ2v) is 6.77. The van der Waals surface area contributed by atoms with Crippen LogP contribution in [0.4, 0.5) is 0 Å². The average molecular weight is 282 g/mol. The number of piperidine rings is 1. The maximum atomic E-state index is 12.7. The van der Waals surface area contributed by atoms with E-state index < -0.39 is 5.54 Å². The van der Waals surface area contributed by atoms with E-state index in [9.17, 15) is 4.79 Å². The molecule has 0 aromatic carbocycles. The molecule has 0 aromatic rings. The predicted molar refractivity (Wildman–Crippen MR) is 81.3 cm³/mol. The Kier molecular flexibility index (Phi) is 5.04. The van der Waals surface area contributed by atoms with Crippen LogP contribution in [0.5, 0.6) is 0 Å². The van der Waals surface area contributed by atoms with E-state index in [1.807, 2.05) is 13.8 Å². The van der Waals surface area contributed by atoms with Crippen LogP contribution >= 0.6 is 0 Å². The third kappa shape index (κ3) is 3.32. The summed E-state index contributed by atoms with van der Waals surface area (Å²) in [5.41, 5.74) is 2.74. The van der Waals surface area contributed by atoms with Crippen LogP contribution < -0.4 is 10.7 Å². The summed E-state index contributed by atoms with van der Waals surface area (Å²) in [4.78, 5) is 15.0. The quantitative estimate of drug-likeness (QED) is 0.809. The van der Waals surface area contributed by atoms with E-state index in [1.165, 1.54) is 19.3 Å². The van der Waals surface area contributed by atoms with Gasteiger partial charge in [-0.1, -0.05) is 6.42 Å². The van der Waals surface area contributed by atoms with Crippen molar-refractivity contribution in [2.45, 2.75) is 64.6 Å². The molecule has 2 rings (SSSR count). The predicted octanol–water partition coefficient (Wildman–Crippen LogP) is 0.964. The van der Waals surface area contributed by atoms with Gasteiger partial charge in [0.05, 0.1) is 5.54 Å². The minimum Gasteiger partial charge on any atom is -0.314 e. The van der Waals surface area contributed by atoms with Crippen LogP contribution in [0.25, 0.3) is 0 Å². The van der Waals surface area contributed by atoms with E-state index in [0.29, 0.717) is 12.1 Å². The fraction of sp³-hybridized carbons (Fsp3) is 0.933. The monoisotopic (exact) mass is 282 g/mol. The molecule has 0 saturated carbocycles. The summed E-state index contributed by atoms with van der Waals surface area (Å²) in [6.07, 6.45) is 3.59. The van der Waals surface area contributed by atoms with E-state index >= 15 is 0 Å². The van der Waals surface area contributed by atoms with E-state index in [0.717, 1.165) is 26.2 Å². The molecule has 0 spiro atoms. The summed E-state index contributed by atoms with van der Waals surface area (Å²) in [6, 6.07) is 0.864. The van der Waals surface area contributed by atoms with Gasteiger partial charge in [0.2, 0.25) is 0 Å². The van der Waals surface area contributed by atoms with Crippen molar-refractivity contribution in [3.8, 4) is 0 Å². The Morgan fingerprint density at radius 2 is 1.70 bits per heavy atom. The van der Waals surface area contributed by atoms with E-state index in [2.05, 4.69) is 34.5 Å². The fourth-order valence-corrected chi connectivity index (χ4v) is 3.26. The molecule has 2 aliphatic rings.